The molecule has 1 heterocycles. The Morgan fingerprint density at radius 1 is 1.44 bits per heavy atom. The minimum Gasteiger partial charge on any atom is -0.310 e. The Hall–Kier alpha value is -0.0700. The van der Waals surface area contributed by atoms with Crippen LogP contribution in [0.4, 0.5) is 13.2 Å². The van der Waals surface area contributed by atoms with Crippen molar-refractivity contribution in [2.75, 3.05) is 6.54 Å². The fourth-order valence-electron chi connectivity index (χ4n) is 1.41. The number of thiophene rings is 1. The van der Waals surface area contributed by atoms with Crippen molar-refractivity contribution in [2.24, 2.45) is 0 Å². The maximum Gasteiger partial charge on any atom is 0.389 e. The normalized spacial score (nSPS) is 14.1. The number of halogens is 4. The number of hydrogen-bond donors (Lipinski definition) is 1. The zero-order valence-corrected chi connectivity index (χ0v) is 11.2. The summed E-state index contributed by atoms with van der Waals surface area (Å²) in [7, 11) is 0. The van der Waals surface area contributed by atoms with Gasteiger partial charge in [0.05, 0.1) is 3.79 Å². The highest BCUT2D eigenvalue weighted by atomic mass is 79.9. The molecule has 1 aromatic rings. The van der Waals surface area contributed by atoms with Gasteiger partial charge in [-0.05, 0) is 41.0 Å². The molecule has 16 heavy (non-hydrogen) atoms. The Balaban J connectivity index is 2.61. The number of nitrogens with one attached hydrogen (secondary N) is 1. The fraction of sp³-hybridized carbons (Fsp3) is 0.600. The van der Waals surface area contributed by atoms with E-state index < -0.39 is 12.6 Å². The Bertz CT molecular complexity index is 324. The van der Waals surface area contributed by atoms with Gasteiger partial charge in [-0.3, -0.25) is 0 Å². The van der Waals surface area contributed by atoms with Crippen molar-refractivity contribution in [1.82, 2.24) is 5.32 Å². The van der Waals surface area contributed by atoms with Gasteiger partial charge in [0, 0.05) is 17.3 Å². The monoisotopic (exact) mass is 315 g/mol. The van der Waals surface area contributed by atoms with E-state index >= 15 is 0 Å². The molecule has 92 valence electrons. The van der Waals surface area contributed by atoms with Crippen LogP contribution >= 0.6 is 27.3 Å². The molecule has 1 N–H and O–H groups in total. The van der Waals surface area contributed by atoms with E-state index in [0.29, 0.717) is 6.54 Å². The van der Waals surface area contributed by atoms with Gasteiger partial charge in [-0.2, -0.15) is 13.2 Å². The third-order valence-electron chi connectivity index (χ3n) is 2.10. The lowest BCUT2D eigenvalue weighted by Crippen LogP contribution is -2.22. The fourth-order valence-corrected chi connectivity index (χ4v) is 2.95. The lowest BCUT2D eigenvalue weighted by molar-refractivity contribution is -0.136. The number of hydrogen-bond acceptors (Lipinski definition) is 2. The first-order valence-electron chi connectivity index (χ1n) is 4.97. The predicted octanol–water partition coefficient (Wildman–Crippen LogP) is 4.50. The standard InChI is InChI=1S/C10H13BrF3NS/c1-2-15-7(5-6-10(12,13)14)8-3-4-9(11)16-8/h3-4,7,15H,2,5-6H2,1H3. The average molecular weight is 316 g/mol. The molecule has 0 saturated carbocycles. The van der Waals surface area contributed by atoms with Crippen LogP contribution in [0.3, 0.4) is 0 Å². The second kappa shape index (κ2) is 6.02. The van der Waals surface area contributed by atoms with Crippen molar-refractivity contribution < 1.29 is 13.2 Å². The summed E-state index contributed by atoms with van der Waals surface area (Å²) in [4.78, 5) is 0.943. The third kappa shape index (κ3) is 4.84. The smallest absolute Gasteiger partial charge is 0.310 e. The maximum atomic E-state index is 12.1. The van der Waals surface area contributed by atoms with E-state index in [4.69, 9.17) is 0 Å². The van der Waals surface area contributed by atoms with Crippen molar-refractivity contribution >= 4 is 27.3 Å². The first kappa shape index (κ1) is 14.0. The first-order chi connectivity index (χ1) is 7.42. The van der Waals surface area contributed by atoms with Gasteiger partial charge in [-0.15, -0.1) is 11.3 Å². The van der Waals surface area contributed by atoms with Gasteiger partial charge in [0.2, 0.25) is 0 Å². The van der Waals surface area contributed by atoms with Gasteiger partial charge in [-0.1, -0.05) is 6.92 Å². The van der Waals surface area contributed by atoms with Crippen LogP contribution in [0.2, 0.25) is 0 Å². The molecule has 0 saturated heterocycles. The van der Waals surface area contributed by atoms with Gasteiger partial charge >= 0.3 is 6.18 Å². The van der Waals surface area contributed by atoms with E-state index in [-0.39, 0.29) is 12.5 Å². The summed E-state index contributed by atoms with van der Waals surface area (Å²) in [5.74, 6) is 0. The minimum absolute atomic E-state index is 0.0876. The summed E-state index contributed by atoms with van der Waals surface area (Å²) >= 11 is 4.78. The zero-order valence-electron chi connectivity index (χ0n) is 8.77. The van der Waals surface area contributed by atoms with Crippen LogP contribution in [-0.4, -0.2) is 12.7 Å². The molecule has 6 heteroatoms. The largest absolute Gasteiger partial charge is 0.389 e. The molecule has 1 rings (SSSR count). The minimum atomic E-state index is -4.08. The van der Waals surface area contributed by atoms with E-state index in [1.165, 1.54) is 11.3 Å². The van der Waals surface area contributed by atoms with Crippen LogP contribution in [0.1, 0.15) is 30.7 Å². The summed E-state index contributed by atoms with van der Waals surface area (Å²) in [6.07, 6.45) is -4.74. The summed E-state index contributed by atoms with van der Waals surface area (Å²) < 4.78 is 37.4. The van der Waals surface area contributed by atoms with Gasteiger partial charge in [0.1, 0.15) is 0 Å². The third-order valence-corrected chi connectivity index (χ3v) is 3.84. The van der Waals surface area contributed by atoms with E-state index in [9.17, 15) is 13.2 Å². The Morgan fingerprint density at radius 3 is 2.56 bits per heavy atom. The highest BCUT2D eigenvalue weighted by molar-refractivity contribution is 9.11. The van der Waals surface area contributed by atoms with Crippen molar-refractivity contribution in [3.8, 4) is 0 Å². The van der Waals surface area contributed by atoms with Crippen LogP contribution in [0, 0.1) is 0 Å². The summed E-state index contributed by atoms with van der Waals surface area (Å²) in [6.45, 7) is 2.56. The molecular weight excluding hydrogens is 303 g/mol. The Morgan fingerprint density at radius 2 is 2.12 bits per heavy atom. The van der Waals surface area contributed by atoms with Crippen molar-refractivity contribution in [1.29, 1.82) is 0 Å². The maximum absolute atomic E-state index is 12.1. The van der Waals surface area contributed by atoms with Crippen LogP contribution in [0.5, 0.6) is 0 Å². The molecule has 0 aliphatic carbocycles. The molecule has 1 aromatic heterocycles. The summed E-state index contributed by atoms with van der Waals surface area (Å²) in [5, 5.41) is 3.07. The molecule has 1 nitrogen and oxygen atoms in total. The molecule has 0 amide bonds. The number of alkyl halides is 3. The molecule has 0 aromatic carbocycles. The lowest BCUT2D eigenvalue weighted by Gasteiger charge is -2.17. The van der Waals surface area contributed by atoms with Crippen molar-refractivity contribution in [3.05, 3.63) is 20.8 Å². The van der Waals surface area contributed by atoms with E-state index in [0.717, 1.165) is 8.66 Å². The lowest BCUT2D eigenvalue weighted by atomic mass is 10.1. The van der Waals surface area contributed by atoms with Crippen LogP contribution in [0.25, 0.3) is 0 Å². The van der Waals surface area contributed by atoms with Gasteiger partial charge < -0.3 is 5.32 Å². The van der Waals surface area contributed by atoms with Gasteiger partial charge in [0.25, 0.3) is 0 Å². The molecule has 1 atom stereocenters. The predicted molar refractivity (Wildman–Crippen MR) is 63.7 cm³/mol. The van der Waals surface area contributed by atoms with Crippen molar-refractivity contribution in [3.63, 3.8) is 0 Å². The number of rotatable bonds is 5. The Labute approximate surface area is 105 Å². The van der Waals surface area contributed by atoms with Crippen LogP contribution in [0.15, 0.2) is 15.9 Å². The first-order valence-corrected chi connectivity index (χ1v) is 6.58. The molecule has 0 aliphatic heterocycles. The average Bonchev–Trinajstić information content (AvgIpc) is 2.57. The van der Waals surface area contributed by atoms with Gasteiger partial charge in [0.15, 0.2) is 0 Å². The SMILES string of the molecule is CCNC(CCC(F)(F)F)c1ccc(Br)s1. The Kier molecular flexibility index (Phi) is 5.27. The van der Waals surface area contributed by atoms with Crippen LogP contribution < -0.4 is 5.32 Å². The molecular formula is C10H13BrF3NS. The second-order valence-electron chi connectivity index (χ2n) is 3.41. The van der Waals surface area contributed by atoms with Crippen molar-refractivity contribution in [2.45, 2.75) is 32.0 Å². The molecule has 0 bridgehead atoms. The summed E-state index contributed by atoms with van der Waals surface area (Å²) in [6, 6.07) is 3.51. The molecule has 0 radical (unpaired) electrons. The molecule has 0 aliphatic rings. The zero-order chi connectivity index (χ0) is 12.2. The van der Waals surface area contributed by atoms with E-state index in [2.05, 4.69) is 21.2 Å². The molecule has 1 unspecified atom stereocenters. The molecule has 0 fully saturated rings. The highest BCUT2D eigenvalue weighted by Crippen LogP contribution is 2.32. The second-order valence-corrected chi connectivity index (χ2v) is 5.90. The van der Waals surface area contributed by atoms with Crippen LogP contribution in [-0.2, 0) is 0 Å². The summed E-state index contributed by atoms with van der Waals surface area (Å²) in [5.41, 5.74) is 0. The highest BCUT2D eigenvalue weighted by Gasteiger charge is 2.28. The molecule has 0 spiro atoms. The topological polar surface area (TPSA) is 12.0 Å². The quantitative estimate of drug-likeness (QED) is 0.843. The van der Waals surface area contributed by atoms with E-state index in [1.807, 2.05) is 19.1 Å². The van der Waals surface area contributed by atoms with E-state index in [1.54, 1.807) is 0 Å². The van der Waals surface area contributed by atoms with Gasteiger partial charge in [-0.25, -0.2) is 0 Å².